The lowest BCUT2D eigenvalue weighted by Crippen LogP contribution is -2.36. The highest BCUT2D eigenvalue weighted by Crippen LogP contribution is 2.35. The quantitative estimate of drug-likeness (QED) is 0.791. The molecule has 0 radical (unpaired) electrons. The van der Waals surface area contributed by atoms with Gasteiger partial charge in [0.05, 0.1) is 0 Å². The Morgan fingerprint density at radius 3 is 2.25 bits per heavy atom. The Labute approximate surface area is 164 Å². The molecule has 0 saturated carbocycles. The van der Waals surface area contributed by atoms with Crippen LogP contribution in [-0.2, 0) is 10.3 Å². The number of rotatable bonds is 6. The minimum atomic E-state index is -1.06. The number of primary amides is 1. The highest BCUT2D eigenvalue weighted by atomic mass is 16.1. The Bertz CT molecular complexity index is 914. The second kappa shape index (κ2) is 7.52. The number of ketones is 1. The Hall–Kier alpha value is -3.05. The van der Waals surface area contributed by atoms with Gasteiger partial charge in [-0.05, 0) is 49.2 Å². The van der Waals surface area contributed by atoms with Crippen molar-refractivity contribution in [2.24, 2.45) is 10.7 Å². The predicted molar refractivity (Wildman–Crippen MR) is 109 cm³/mol. The third kappa shape index (κ3) is 3.18. The lowest BCUT2D eigenvalue weighted by atomic mass is 9.83. The largest absolute Gasteiger partial charge is 0.368 e. The van der Waals surface area contributed by atoms with Gasteiger partial charge in [-0.15, -0.1) is 0 Å². The topological polar surface area (TPSA) is 75.8 Å². The van der Waals surface area contributed by atoms with Crippen molar-refractivity contribution >= 4 is 17.9 Å². The lowest BCUT2D eigenvalue weighted by molar-refractivity contribution is -0.123. The molecule has 142 valence electrons. The van der Waals surface area contributed by atoms with E-state index in [2.05, 4.69) is 9.89 Å². The van der Waals surface area contributed by atoms with Crippen LogP contribution >= 0.6 is 0 Å². The Kier molecular flexibility index (Phi) is 4.92. The van der Waals surface area contributed by atoms with Gasteiger partial charge in [-0.25, -0.2) is 0 Å². The average molecular weight is 373 g/mol. The summed E-state index contributed by atoms with van der Waals surface area (Å²) in [6.45, 7) is 1.75. The summed E-state index contributed by atoms with van der Waals surface area (Å²) in [6.07, 6.45) is 7.44. The summed E-state index contributed by atoms with van der Waals surface area (Å²) in [5.41, 5.74) is 6.87. The van der Waals surface area contributed by atoms with E-state index < -0.39 is 11.6 Å². The third-order valence-electron chi connectivity index (χ3n) is 5.53. The van der Waals surface area contributed by atoms with Gasteiger partial charge < -0.3 is 5.73 Å². The molecule has 28 heavy (non-hydrogen) atoms. The van der Waals surface area contributed by atoms with Gasteiger partial charge in [0.15, 0.2) is 11.3 Å². The van der Waals surface area contributed by atoms with Gasteiger partial charge in [0, 0.05) is 11.8 Å². The van der Waals surface area contributed by atoms with E-state index in [-0.39, 0.29) is 11.7 Å². The van der Waals surface area contributed by atoms with Crippen molar-refractivity contribution in [2.45, 2.75) is 24.4 Å². The summed E-state index contributed by atoms with van der Waals surface area (Å²) in [6, 6.07) is 16.3. The van der Waals surface area contributed by atoms with Gasteiger partial charge in [-0.3, -0.25) is 19.5 Å². The van der Waals surface area contributed by atoms with Crippen LogP contribution in [0.25, 0.3) is 0 Å². The first kappa shape index (κ1) is 18.3. The van der Waals surface area contributed by atoms with E-state index in [9.17, 15) is 9.59 Å². The van der Waals surface area contributed by atoms with E-state index in [4.69, 9.17) is 5.73 Å². The maximum atomic E-state index is 13.3. The number of nitrogens with two attached hydrogens (primary N) is 1. The number of hydrogen-bond acceptors (Lipinski definition) is 4. The van der Waals surface area contributed by atoms with E-state index in [0.29, 0.717) is 5.56 Å². The van der Waals surface area contributed by atoms with Gasteiger partial charge >= 0.3 is 0 Å². The van der Waals surface area contributed by atoms with Crippen LogP contribution in [0.2, 0.25) is 0 Å². The molecule has 4 rings (SSSR count). The molecule has 5 nitrogen and oxygen atoms in total. The highest BCUT2D eigenvalue weighted by Gasteiger charge is 2.39. The minimum Gasteiger partial charge on any atom is -0.368 e. The van der Waals surface area contributed by atoms with Crippen molar-refractivity contribution in [2.75, 3.05) is 13.1 Å². The highest BCUT2D eigenvalue weighted by molar-refractivity contribution is 6.07. The molecule has 0 aliphatic carbocycles. The van der Waals surface area contributed by atoms with Crippen LogP contribution in [0.3, 0.4) is 0 Å². The fraction of sp³-hybridized carbons (Fsp3) is 0.261. The molecule has 2 unspecified atom stereocenters. The first-order chi connectivity index (χ1) is 13.6. The zero-order valence-corrected chi connectivity index (χ0v) is 15.6. The van der Waals surface area contributed by atoms with Crippen LogP contribution in [0.15, 0.2) is 71.7 Å². The van der Waals surface area contributed by atoms with Gasteiger partial charge in [0.1, 0.15) is 6.04 Å². The van der Waals surface area contributed by atoms with Crippen LogP contribution in [0, 0.1) is 0 Å². The van der Waals surface area contributed by atoms with E-state index in [1.54, 1.807) is 24.4 Å². The van der Waals surface area contributed by atoms with Gasteiger partial charge in [0.25, 0.3) is 0 Å². The fourth-order valence-corrected chi connectivity index (χ4v) is 4.11. The Morgan fingerprint density at radius 2 is 1.68 bits per heavy atom. The summed E-state index contributed by atoms with van der Waals surface area (Å²) >= 11 is 0. The number of hydrogen-bond donors (Lipinski definition) is 1. The second-order valence-corrected chi connectivity index (χ2v) is 7.27. The minimum absolute atomic E-state index is 0.0724. The molecular weight excluding hydrogens is 350 g/mol. The van der Waals surface area contributed by atoms with Crippen LogP contribution < -0.4 is 5.73 Å². The Balaban J connectivity index is 1.68. The Morgan fingerprint density at radius 1 is 1.00 bits per heavy atom. The SMILES string of the molecule is NC(=O)C(c1ccc(C2(C(=O)c3ccccc3)C=CC=N2)cc1)N1CCCC1. The van der Waals surface area contributed by atoms with E-state index in [1.165, 1.54) is 0 Å². The average Bonchev–Trinajstić information content (AvgIpc) is 3.42. The van der Waals surface area contributed by atoms with Crippen LogP contribution in [-0.4, -0.2) is 35.9 Å². The molecule has 2 aromatic rings. The first-order valence-corrected chi connectivity index (χ1v) is 9.58. The number of amides is 1. The van der Waals surface area contributed by atoms with E-state index in [1.807, 2.05) is 48.5 Å². The number of likely N-dealkylation sites (tertiary alicyclic amines) is 1. The van der Waals surface area contributed by atoms with Crippen molar-refractivity contribution in [3.63, 3.8) is 0 Å². The van der Waals surface area contributed by atoms with Gasteiger partial charge in [-0.1, -0.05) is 54.6 Å². The molecule has 1 amide bonds. The number of allylic oxidation sites excluding steroid dienone is 1. The normalized spacial score (nSPS) is 22.4. The summed E-state index contributed by atoms with van der Waals surface area (Å²) in [5.74, 6) is -0.416. The number of Topliss-reactive ketones (excluding diaryl/α,β-unsaturated/α-hetero) is 1. The molecule has 2 atom stereocenters. The van der Waals surface area contributed by atoms with Gasteiger partial charge in [-0.2, -0.15) is 0 Å². The predicted octanol–water partition coefficient (Wildman–Crippen LogP) is 3.03. The molecule has 0 aromatic heterocycles. The van der Waals surface area contributed by atoms with Crippen molar-refractivity contribution in [3.8, 4) is 0 Å². The number of benzene rings is 2. The summed E-state index contributed by atoms with van der Waals surface area (Å²) < 4.78 is 0. The summed E-state index contributed by atoms with van der Waals surface area (Å²) in [4.78, 5) is 32.0. The van der Waals surface area contributed by atoms with E-state index >= 15 is 0 Å². The molecular formula is C23H23N3O2. The van der Waals surface area contributed by atoms with Crippen LogP contribution in [0.1, 0.15) is 40.4 Å². The smallest absolute Gasteiger partial charge is 0.239 e. The molecule has 5 heteroatoms. The number of nitrogens with zero attached hydrogens (tertiary/aromatic N) is 2. The summed E-state index contributed by atoms with van der Waals surface area (Å²) in [5, 5.41) is 0. The monoisotopic (exact) mass is 373 g/mol. The van der Waals surface area contributed by atoms with Crippen molar-refractivity contribution in [1.29, 1.82) is 0 Å². The summed E-state index contributed by atoms with van der Waals surface area (Å²) in [7, 11) is 0. The molecule has 0 spiro atoms. The standard InChI is InChI=1S/C23H23N3O2/c24-22(28)20(26-15-4-5-16-26)17-9-11-19(12-10-17)23(13-6-14-25-23)21(27)18-7-2-1-3-8-18/h1-3,6-14,20H,4-5,15-16H2,(H2,24,28). The molecule has 0 bridgehead atoms. The molecule has 2 aliphatic heterocycles. The number of aliphatic imine (C=N–C) groups is 1. The molecule has 2 aliphatic rings. The molecule has 2 heterocycles. The maximum absolute atomic E-state index is 13.3. The van der Waals surface area contributed by atoms with Crippen LogP contribution in [0.4, 0.5) is 0 Å². The zero-order chi connectivity index (χ0) is 19.6. The molecule has 2 N–H and O–H groups in total. The maximum Gasteiger partial charge on any atom is 0.239 e. The molecule has 2 aromatic carbocycles. The lowest BCUT2D eigenvalue weighted by Gasteiger charge is -2.27. The molecule has 1 saturated heterocycles. The van der Waals surface area contributed by atoms with Crippen molar-refractivity contribution in [3.05, 3.63) is 83.4 Å². The number of carbonyl (C=O) groups is 2. The van der Waals surface area contributed by atoms with Crippen molar-refractivity contribution in [1.82, 2.24) is 4.90 Å². The van der Waals surface area contributed by atoms with Gasteiger partial charge in [0.2, 0.25) is 5.91 Å². The number of carbonyl (C=O) groups excluding carboxylic acids is 2. The molecule has 1 fully saturated rings. The van der Waals surface area contributed by atoms with Crippen LogP contribution in [0.5, 0.6) is 0 Å². The zero-order valence-electron chi connectivity index (χ0n) is 15.6. The third-order valence-corrected chi connectivity index (χ3v) is 5.53. The van der Waals surface area contributed by atoms with Crippen molar-refractivity contribution < 1.29 is 9.59 Å². The second-order valence-electron chi connectivity index (χ2n) is 7.27. The first-order valence-electron chi connectivity index (χ1n) is 9.58. The fourth-order valence-electron chi connectivity index (χ4n) is 4.11. The van der Waals surface area contributed by atoms with E-state index in [0.717, 1.165) is 37.1 Å².